The Hall–Kier alpha value is -1.46. The molecule has 1 saturated heterocycles. The summed E-state index contributed by atoms with van der Waals surface area (Å²) in [5.41, 5.74) is 0. The summed E-state index contributed by atoms with van der Waals surface area (Å²) in [5, 5.41) is 9.62. The van der Waals surface area contributed by atoms with Crippen molar-refractivity contribution in [3.63, 3.8) is 0 Å². The maximum absolute atomic E-state index is 11.8. The summed E-state index contributed by atoms with van der Waals surface area (Å²) in [7, 11) is 1.71. The van der Waals surface area contributed by atoms with E-state index >= 15 is 0 Å². The number of nitrogens with zero attached hydrogens (tertiary/aromatic N) is 2. The molecule has 1 fully saturated rings. The van der Waals surface area contributed by atoms with Crippen LogP contribution in [0.2, 0.25) is 10.0 Å². The highest BCUT2D eigenvalue weighted by Gasteiger charge is 2.20. The van der Waals surface area contributed by atoms with Gasteiger partial charge in [-0.25, -0.2) is 0 Å². The van der Waals surface area contributed by atoms with Gasteiger partial charge in [-0.2, -0.15) is 0 Å². The number of hydrogen-bond acceptors (Lipinski definition) is 3. The first-order valence-corrected chi connectivity index (χ1v) is 9.26. The lowest BCUT2D eigenvalue weighted by atomic mass is 10.2. The van der Waals surface area contributed by atoms with E-state index in [4.69, 9.17) is 28.3 Å². The Kier molecular flexibility index (Phi) is 9.68. The number of aromatic hydroxyl groups is 1. The van der Waals surface area contributed by atoms with Gasteiger partial charge in [-0.1, -0.05) is 36.5 Å². The maximum Gasteiger partial charge on any atom is 0.242 e. The van der Waals surface area contributed by atoms with E-state index < -0.39 is 0 Å². The second-order valence-corrected chi connectivity index (χ2v) is 6.85. The molecule has 0 aromatic heterocycles. The van der Waals surface area contributed by atoms with Crippen LogP contribution in [0.25, 0.3) is 0 Å². The van der Waals surface area contributed by atoms with Crippen molar-refractivity contribution in [2.24, 2.45) is 0 Å². The Balaban J connectivity index is 0.000000293. The van der Waals surface area contributed by atoms with Crippen molar-refractivity contribution in [2.75, 3.05) is 26.7 Å². The molecule has 1 aromatic rings. The Morgan fingerprint density at radius 2 is 1.84 bits per heavy atom. The first-order chi connectivity index (χ1) is 11.8. The molecule has 25 heavy (non-hydrogen) atoms. The van der Waals surface area contributed by atoms with Crippen molar-refractivity contribution in [3.8, 4) is 5.75 Å². The zero-order valence-corrected chi connectivity index (χ0v) is 16.3. The minimum Gasteiger partial charge on any atom is -0.508 e. The lowest BCUT2D eigenvalue weighted by molar-refractivity contribution is -0.138. The number of carbonyl (C=O) groups excluding carboxylic acids is 2. The number of likely N-dealkylation sites (N-methyl/N-ethyl adjacent to an activating group) is 1. The smallest absolute Gasteiger partial charge is 0.242 e. The van der Waals surface area contributed by atoms with Gasteiger partial charge in [0.15, 0.2) is 0 Å². The molecule has 1 N–H and O–H groups in total. The largest absolute Gasteiger partial charge is 0.508 e. The van der Waals surface area contributed by atoms with Crippen LogP contribution < -0.4 is 0 Å². The highest BCUT2D eigenvalue weighted by Crippen LogP contribution is 2.25. The summed E-state index contributed by atoms with van der Waals surface area (Å²) >= 11 is 11.1. The molecule has 2 rings (SSSR count). The molecular formula is C18H26Cl2N2O3. The molecule has 1 aliphatic heterocycles. The summed E-state index contributed by atoms with van der Waals surface area (Å²) in [5.74, 6) is 0.295. The predicted octanol–water partition coefficient (Wildman–Crippen LogP) is 3.96. The number of benzene rings is 1. The maximum atomic E-state index is 11.8. The van der Waals surface area contributed by atoms with E-state index in [1.54, 1.807) is 18.0 Å². The van der Waals surface area contributed by atoms with Crippen molar-refractivity contribution < 1.29 is 14.7 Å². The fourth-order valence-electron chi connectivity index (χ4n) is 2.36. The van der Waals surface area contributed by atoms with E-state index in [0.717, 1.165) is 38.8 Å². The SMILES string of the molecule is CCCCC(=O)N(C)CC(=O)N1CCCC1.Oc1ccc(Cl)c(Cl)c1. The van der Waals surface area contributed by atoms with Crippen molar-refractivity contribution in [1.29, 1.82) is 0 Å². The second-order valence-electron chi connectivity index (χ2n) is 6.04. The number of amides is 2. The Labute approximate surface area is 159 Å². The van der Waals surface area contributed by atoms with Gasteiger partial charge >= 0.3 is 0 Å². The topological polar surface area (TPSA) is 60.9 Å². The summed E-state index contributed by atoms with van der Waals surface area (Å²) in [6.45, 7) is 4.01. The molecule has 0 bridgehead atoms. The van der Waals surface area contributed by atoms with Crippen molar-refractivity contribution in [3.05, 3.63) is 28.2 Å². The van der Waals surface area contributed by atoms with Crippen LogP contribution in [0, 0.1) is 0 Å². The third-order valence-electron chi connectivity index (χ3n) is 3.90. The van der Waals surface area contributed by atoms with E-state index in [-0.39, 0.29) is 24.1 Å². The Bertz CT molecular complexity index is 575. The van der Waals surface area contributed by atoms with Gasteiger partial charge in [0.2, 0.25) is 11.8 Å². The number of unbranched alkanes of at least 4 members (excludes halogenated alkanes) is 1. The van der Waals surface area contributed by atoms with E-state index in [9.17, 15) is 9.59 Å². The quantitative estimate of drug-likeness (QED) is 0.830. The molecule has 2 amide bonds. The first-order valence-electron chi connectivity index (χ1n) is 8.51. The van der Waals surface area contributed by atoms with Crippen LogP contribution >= 0.6 is 23.2 Å². The van der Waals surface area contributed by atoms with Crippen molar-refractivity contribution in [1.82, 2.24) is 9.80 Å². The predicted molar refractivity (Wildman–Crippen MR) is 101 cm³/mol. The van der Waals surface area contributed by atoms with Crippen LogP contribution in [0.3, 0.4) is 0 Å². The third-order valence-corrected chi connectivity index (χ3v) is 4.64. The second kappa shape index (κ2) is 11.2. The fourth-order valence-corrected chi connectivity index (χ4v) is 2.65. The lowest BCUT2D eigenvalue weighted by Gasteiger charge is -2.21. The molecule has 5 nitrogen and oxygen atoms in total. The number of phenolic OH excluding ortho intramolecular Hbond substituents is 1. The minimum absolute atomic E-state index is 0.0781. The molecular weight excluding hydrogens is 363 g/mol. The molecule has 140 valence electrons. The molecule has 1 aliphatic rings. The molecule has 0 unspecified atom stereocenters. The molecule has 0 spiro atoms. The van der Waals surface area contributed by atoms with Gasteiger partial charge in [-0.05, 0) is 37.5 Å². The van der Waals surface area contributed by atoms with Crippen molar-refractivity contribution >= 4 is 35.0 Å². The van der Waals surface area contributed by atoms with Gasteiger partial charge in [0.1, 0.15) is 5.75 Å². The van der Waals surface area contributed by atoms with Crippen LogP contribution in [0.5, 0.6) is 5.75 Å². The fraction of sp³-hybridized carbons (Fsp3) is 0.556. The highest BCUT2D eigenvalue weighted by molar-refractivity contribution is 6.42. The zero-order valence-electron chi connectivity index (χ0n) is 14.8. The average molecular weight is 389 g/mol. The van der Waals surface area contributed by atoms with E-state index in [1.807, 2.05) is 4.90 Å². The van der Waals surface area contributed by atoms with E-state index in [1.165, 1.54) is 12.1 Å². The molecule has 7 heteroatoms. The standard InChI is InChI=1S/C12H22N2O2.C6H4Cl2O/c1-3-4-7-11(15)13(2)10-12(16)14-8-5-6-9-14;7-5-2-1-4(9)3-6(5)8/h3-10H2,1-2H3;1-3,9H. The third kappa shape index (κ3) is 7.97. The summed E-state index contributed by atoms with van der Waals surface area (Å²) < 4.78 is 0. The van der Waals surface area contributed by atoms with Gasteiger partial charge in [-0.3, -0.25) is 9.59 Å². The summed E-state index contributed by atoms with van der Waals surface area (Å²) in [4.78, 5) is 26.8. The van der Waals surface area contributed by atoms with Crippen molar-refractivity contribution in [2.45, 2.75) is 39.0 Å². The number of rotatable bonds is 5. The summed E-state index contributed by atoms with van der Waals surface area (Å²) in [6, 6.07) is 4.41. The number of phenols is 1. The number of halogens is 2. The van der Waals surface area contributed by atoms with Gasteiger partial charge in [0, 0.05) is 26.6 Å². The van der Waals surface area contributed by atoms with Crippen LogP contribution in [0.4, 0.5) is 0 Å². The number of hydrogen-bond donors (Lipinski definition) is 1. The summed E-state index contributed by atoms with van der Waals surface area (Å²) in [6.07, 6.45) is 4.67. The monoisotopic (exact) mass is 388 g/mol. The van der Waals surface area contributed by atoms with Gasteiger partial charge in [0.05, 0.1) is 16.6 Å². The number of carbonyl (C=O) groups is 2. The van der Waals surface area contributed by atoms with E-state index in [2.05, 4.69) is 6.92 Å². The van der Waals surface area contributed by atoms with E-state index in [0.29, 0.717) is 16.5 Å². The van der Waals surface area contributed by atoms with Gasteiger partial charge in [-0.15, -0.1) is 0 Å². The van der Waals surface area contributed by atoms with Crippen LogP contribution in [-0.2, 0) is 9.59 Å². The molecule has 0 atom stereocenters. The minimum atomic E-state index is 0.0781. The van der Waals surface area contributed by atoms with Crippen LogP contribution in [0.15, 0.2) is 18.2 Å². The van der Waals surface area contributed by atoms with Crippen LogP contribution in [-0.4, -0.2) is 53.4 Å². The van der Waals surface area contributed by atoms with Gasteiger partial charge < -0.3 is 14.9 Å². The van der Waals surface area contributed by atoms with Crippen LogP contribution in [0.1, 0.15) is 39.0 Å². The Morgan fingerprint density at radius 3 is 2.36 bits per heavy atom. The zero-order chi connectivity index (χ0) is 18.8. The average Bonchev–Trinajstić information content (AvgIpc) is 3.11. The highest BCUT2D eigenvalue weighted by atomic mass is 35.5. The molecule has 0 saturated carbocycles. The normalized spacial score (nSPS) is 13.2. The molecule has 0 radical (unpaired) electrons. The lowest BCUT2D eigenvalue weighted by Crippen LogP contribution is -2.39. The van der Waals surface area contributed by atoms with Gasteiger partial charge in [0.25, 0.3) is 0 Å². The molecule has 1 heterocycles. The molecule has 0 aliphatic carbocycles. The molecule has 1 aromatic carbocycles. The Morgan fingerprint density at radius 1 is 1.20 bits per heavy atom. The first kappa shape index (κ1) is 21.6. The number of likely N-dealkylation sites (tertiary alicyclic amines) is 1.